The number of nitrogens with one attached hydrogen (secondary N) is 1. The second kappa shape index (κ2) is 12.8. The maximum atomic E-state index is 5.16. The van der Waals surface area contributed by atoms with E-state index in [9.17, 15) is 0 Å². The molecule has 12 rings (SSSR count). The van der Waals surface area contributed by atoms with Gasteiger partial charge in [-0.3, -0.25) is 0 Å². The Kier molecular flexibility index (Phi) is 7.30. The van der Waals surface area contributed by atoms with Crippen LogP contribution < -0.4 is 5.32 Å². The van der Waals surface area contributed by atoms with E-state index < -0.39 is 0 Å². The van der Waals surface area contributed by atoms with Gasteiger partial charge in [-0.15, -0.1) is 22.7 Å². The third kappa shape index (κ3) is 5.33. The van der Waals surface area contributed by atoms with Crippen LogP contribution in [0.15, 0.2) is 192 Å². The van der Waals surface area contributed by atoms with Crippen LogP contribution in [-0.2, 0) is 0 Å². The number of benzene rings is 8. The van der Waals surface area contributed by atoms with Gasteiger partial charge in [-0.25, -0.2) is 9.98 Å². The molecule has 1 N–H and O–H groups in total. The van der Waals surface area contributed by atoms with Crippen molar-refractivity contribution in [2.45, 2.75) is 6.17 Å². The summed E-state index contributed by atoms with van der Waals surface area (Å²) < 4.78 is 7.53. The zero-order valence-corrected chi connectivity index (χ0v) is 32.2. The molecule has 0 aliphatic carbocycles. The second-order valence-corrected chi connectivity index (χ2v) is 16.8. The molecule has 1 aliphatic rings. The number of nitrogens with zero attached hydrogens (tertiary/aromatic N) is 3. The van der Waals surface area contributed by atoms with E-state index in [0.29, 0.717) is 0 Å². The summed E-state index contributed by atoms with van der Waals surface area (Å²) in [5.41, 5.74) is 9.20. The van der Waals surface area contributed by atoms with Gasteiger partial charge in [0.25, 0.3) is 0 Å². The maximum absolute atomic E-state index is 5.16. The average Bonchev–Trinajstić information content (AvgIpc) is 3.95. The molecule has 4 heterocycles. The highest BCUT2D eigenvalue weighted by Gasteiger charge is 2.22. The molecule has 11 aromatic rings. The van der Waals surface area contributed by atoms with Gasteiger partial charge in [-0.2, -0.15) is 0 Å². The first-order chi connectivity index (χ1) is 28.2. The summed E-state index contributed by atoms with van der Waals surface area (Å²) in [6.45, 7) is 0. The van der Waals surface area contributed by atoms with Crippen LogP contribution in [0.5, 0.6) is 0 Å². The van der Waals surface area contributed by atoms with E-state index >= 15 is 0 Å². The van der Waals surface area contributed by atoms with Gasteiger partial charge in [0.1, 0.15) is 12.0 Å². The highest BCUT2D eigenvalue weighted by atomic mass is 32.1. The summed E-state index contributed by atoms with van der Waals surface area (Å²) in [7, 11) is 0. The Morgan fingerprint density at radius 3 is 1.53 bits per heavy atom. The first kappa shape index (κ1) is 32.4. The molecule has 3 aromatic heterocycles. The number of aromatic nitrogens is 1. The van der Waals surface area contributed by atoms with Gasteiger partial charge in [0.05, 0.1) is 11.0 Å². The van der Waals surface area contributed by atoms with Gasteiger partial charge in [0.2, 0.25) is 0 Å². The molecule has 0 saturated heterocycles. The number of hydrogen-bond donors (Lipinski definition) is 1. The molecular weight excluding hydrogens is 733 g/mol. The SMILES string of the molecule is c1ccc(C2=NC(c3ccc4sc5ccc(-c6ccc7sc8ccc(-n9c%10ccccc%10c%10ccccc%109)cc8c7c6)cc5c4c3)=NC(c3ccccc3)N2)cc1. The van der Waals surface area contributed by atoms with Crippen LogP contribution in [0.4, 0.5) is 0 Å². The smallest absolute Gasteiger partial charge is 0.159 e. The number of rotatable bonds is 5. The predicted octanol–water partition coefficient (Wildman–Crippen LogP) is 13.7. The van der Waals surface area contributed by atoms with E-state index in [-0.39, 0.29) is 6.17 Å². The quantitative estimate of drug-likeness (QED) is 0.186. The van der Waals surface area contributed by atoms with Crippen molar-refractivity contribution in [2.75, 3.05) is 0 Å². The molecule has 4 nitrogen and oxygen atoms in total. The molecule has 1 aliphatic heterocycles. The summed E-state index contributed by atoms with van der Waals surface area (Å²) in [5, 5.41) is 11.2. The van der Waals surface area contributed by atoms with Crippen molar-refractivity contribution in [2.24, 2.45) is 9.98 Å². The molecule has 1 unspecified atom stereocenters. The Bertz CT molecular complexity index is 3390. The van der Waals surface area contributed by atoms with Crippen LogP contribution in [0.3, 0.4) is 0 Å². The second-order valence-electron chi connectivity index (χ2n) is 14.6. The van der Waals surface area contributed by atoms with Crippen LogP contribution in [-0.4, -0.2) is 16.2 Å². The van der Waals surface area contributed by atoms with E-state index in [1.165, 1.54) is 79.0 Å². The normalized spacial score (nSPS) is 14.5. The number of aliphatic imine (C=N–C) groups is 2. The molecule has 268 valence electrons. The molecule has 0 fully saturated rings. The molecule has 8 aromatic carbocycles. The monoisotopic (exact) mass is 764 g/mol. The fraction of sp³-hybridized carbons (Fsp3) is 0.0196. The number of fused-ring (bicyclic) bond motifs is 9. The lowest BCUT2D eigenvalue weighted by atomic mass is 10.00. The van der Waals surface area contributed by atoms with E-state index in [1.807, 2.05) is 46.9 Å². The van der Waals surface area contributed by atoms with Gasteiger partial charge < -0.3 is 9.88 Å². The van der Waals surface area contributed by atoms with Crippen LogP contribution in [0.2, 0.25) is 0 Å². The van der Waals surface area contributed by atoms with Crippen LogP contribution in [0, 0.1) is 0 Å². The summed E-state index contributed by atoms with van der Waals surface area (Å²) in [6.07, 6.45) is -0.239. The van der Waals surface area contributed by atoms with Crippen molar-refractivity contribution >= 4 is 96.5 Å². The molecule has 0 amide bonds. The van der Waals surface area contributed by atoms with Gasteiger partial charge >= 0.3 is 0 Å². The topological polar surface area (TPSA) is 41.7 Å². The van der Waals surface area contributed by atoms with Gasteiger partial charge in [0.15, 0.2) is 5.84 Å². The number of thiophene rings is 2. The summed E-state index contributed by atoms with van der Waals surface area (Å²) in [6, 6.07) is 65.7. The molecule has 0 radical (unpaired) electrons. The fourth-order valence-corrected chi connectivity index (χ4v) is 10.6. The Labute approximate surface area is 336 Å². The lowest BCUT2D eigenvalue weighted by Gasteiger charge is -2.23. The van der Waals surface area contributed by atoms with Crippen molar-refractivity contribution in [3.8, 4) is 16.8 Å². The molecule has 6 heteroatoms. The minimum atomic E-state index is -0.239. The minimum absolute atomic E-state index is 0.239. The largest absolute Gasteiger partial charge is 0.344 e. The molecule has 0 spiro atoms. The highest BCUT2D eigenvalue weighted by molar-refractivity contribution is 7.26. The minimum Gasteiger partial charge on any atom is -0.344 e. The van der Waals surface area contributed by atoms with E-state index in [1.54, 1.807) is 0 Å². The van der Waals surface area contributed by atoms with E-state index in [0.717, 1.165) is 28.4 Å². The maximum Gasteiger partial charge on any atom is 0.159 e. The Hall–Kier alpha value is -6.86. The van der Waals surface area contributed by atoms with Crippen molar-refractivity contribution in [3.63, 3.8) is 0 Å². The third-order valence-corrected chi connectivity index (χ3v) is 13.6. The lowest BCUT2D eigenvalue weighted by Crippen LogP contribution is -2.33. The predicted molar refractivity (Wildman–Crippen MR) is 244 cm³/mol. The Morgan fingerprint density at radius 2 is 0.912 bits per heavy atom. The van der Waals surface area contributed by atoms with Crippen molar-refractivity contribution in [1.29, 1.82) is 0 Å². The number of para-hydroxylation sites is 2. The fourth-order valence-electron chi connectivity index (χ4n) is 8.51. The first-order valence-electron chi connectivity index (χ1n) is 19.2. The third-order valence-electron chi connectivity index (χ3n) is 11.3. The summed E-state index contributed by atoms with van der Waals surface area (Å²) in [4.78, 5) is 10.2. The highest BCUT2D eigenvalue weighted by Crippen LogP contribution is 2.41. The standard InChI is InChI=1S/C51H32N4S2/c1-3-11-31(12-4-1)49-52-50(32-13-5-2-6-14-32)54-51(53-49)35-21-25-47-41(29-35)39-27-33(19-23-45(39)56-47)34-20-24-46-40(28-34)42-30-36(22-26-48(42)57-46)55-43-17-9-7-15-37(43)38-16-8-10-18-44(38)55/h1-30,49H,(H,52,53,54). The lowest BCUT2D eigenvalue weighted by molar-refractivity contribution is 0.674. The Balaban J connectivity index is 0.963. The summed E-state index contributed by atoms with van der Waals surface area (Å²) >= 11 is 3.70. The first-order valence-corrected chi connectivity index (χ1v) is 20.8. The molecule has 1 atom stereocenters. The Morgan fingerprint density at radius 1 is 0.421 bits per heavy atom. The van der Waals surface area contributed by atoms with Crippen molar-refractivity contribution in [1.82, 2.24) is 9.88 Å². The molecule has 0 bridgehead atoms. The van der Waals surface area contributed by atoms with Crippen molar-refractivity contribution in [3.05, 3.63) is 199 Å². The molecular formula is C51H32N4S2. The van der Waals surface area contributed by atoms with E-state index in [2.05, 4.69) is 168 Å². The summed E-state index contributed by atoms with van der Waals surface area (Å²) in [5.74, 6) is 1.56. The zero-order valence-electron chi connectivity index (χ0n) is 30.6. The van der Waals surface area contributed by atoms with Crippen LogP contribution in [0.25, 0.3) is 79.0 Å². The molecule has 57 heavy (non-hydrogen) atoms. The van der Waals surface area contributed by atoms with Crippen LogP contribution in [0.1, 0.15) is 22.9 Å². The van der Waals surface area contributed by atoms with Gasteiger partial charge in [0, 0.05) is 67.9 Å². The van der Waals surface area contributed by atoms with Crippen LogP contribution >= 0.6 is 22.7 Å². The zero-order chi connectivity index (χ0) is 37.5. The number of hydrogen-bond acceptors (Lipinski definition) is 5. The molecule has 0 saturated carbocycles. The van der Waals surface area contributed by atoms with Gasteiger partial charge in [-0.1, -0.05) is 109 Å². The van der Waals surface area contributed by atoms with Crippen molar-refractivity contribution < 1.29 is 0 Å². The number of amidine groups is 2. The van der Waals surface area contributed by atoms with Gasteiger partial charge in [-0.05, 0) is 89.5 Å². The average molecular weight is 765 g/mol. The van der Waals surface area contributed by atoms with E-state index in [4.69, 9.17) is 9.98 Å².